The van der Waals surface area contributed by atoms with Crippen LogP contribution in [0.25, 0.3) is 0 Å². The second-order valence-corrected chi connectivity index (χ2v) is 1.76. The lowest BCUT2D eigenvalue weighted by atomic mass is 10.3. The molecule has 0 aromatic rings. The molecule has 76 valence electrons. The molecule has 0 aliphatic carbocycles. The summed E-state index contributed by atoms with van der Waals surface area (Å²) in [6, 6.07) is 0. The van der Waals surface area contributed by atoms with Crippen molar-refractivity contribution in [1.82, 2.24) is 0 Å². The van der Waals surface area contributed by atoms with Crippen molar-refractivity contribution in [3.63, 3.8) is 0 Å². The number of carbonyl (C=O) groups excluding carboxylic acids is 1. The number of nitrogens with one attached hydrogen (secondary N) is 1. The van der Waals surface area contributed by atoms with E-state index in [-0.39, 0.29) is 18.1 Å². The van der Waals surface area contributed by atoms with Gasteiger partial charge in [0, 0.05) is 0 Å². The first-order valence-electron chi connectivity index (χ1n) is 3.26. The second kappa shape index (κ2) is 7.35. The topological polar surface area (TPSA) is 97.8 Å². The third-order valence-electron chi connectivity index (χ3n) is 0.919. The van der Waals surface area contributed by atoms with Crippen molar-refractivity contribution in [3.05, 3.63) is 0 Å². The minimum atomic E-state index is -0.782. The maximum atomic E-state index is 10.8. The molecule has 6 nitrogen and oxygen atoms in total. The number of carbonyl (C=O) groups is 1. The number of nitrogens with two attached hydrogens (primary N) is 1. The molecule has 0 fully saturated rings. The summed E-state index contributed by atoms with van der Waals surface area (Å²) in [5.41, 5.74) is 4.71. The molecule has 13 heavy (non-hydrogen) atoms. The molecule has 0 aromatic heterocycles. The Labute approximate surface area is 82.0 Å². The molecule has 0 aliphatic heterocycles. The monoisotopic (exact) mass is 209 g/mol. The zero-order valence-electron chi connectivity index (χ0n) is 7.36. The van der Waals surface area contributed by atoms with Crippen LogP contribution in [0.1, 0.15) is 6.92 Å². The van der Waals surface area contributed by atoms with Crippen LogP contribution >= 0.6 is 12.4 Å². The van der Waals surface area contributed by atoms with Gasteiger partial charge in [-0.1, -0.05) is 5.16 Å². The zero-order valence-corrected chi connectivity index (χ0v) is 8.18. The van der Waals surface area contributed by atoms with Gasteiger partial charge in [0.05, 0.1) is 7.11 Å². The number of nitrogens with zero attached hydrogens (tertiary/aromatic N) is 1. The molecule has 0 saturated carbocycles. The van der Waals surface area contributed by atoms with Crippen LogP contribution in [0.3, 0.4) is 0 Å². The number of hydrogen-bond donors (Lipinski definition) is 2. The SMILES string of the molecule is CCON=C(C(=N)N)C(=O)OC.Cl. The Morgan fingerprint density at radius 3 is 2.46 bits per heavy atom. The van der Waals surface area contributed by atoms with Crippen molar-refractivity contribution < 1.29 is 14.4 Å². The Morgan fingerprint density at radius 2 is 2.15 bits per heavy atom. The lowest BCUT2D eigenvalue weighted by molar-refractivity contribution is -0.132. The highest BCUT2D eigenvalue weighted by atomic mass is 35.5. The van der Waals surface area contributed by atoms with Crippen LogP contribution in [0.5, 0.6) is 0 Å². The number of rotatable bonds is 4. The fourth-order valence-electron chi connectivity index (χ4n) is 0.422. The van der Waals surface area contributed by atoms with Crippen molar-refractivity contribution >= 4 is 29.9 Å². The van der Waals surface area contributed by atoms with Gasteiger partial charge in [-0.25, -0.2) is 4.79 Å². The van der Waals surface area contributed by atoms with E-state index in [1.54, 1.807) is 6.92 Å². The highest BCUT2D eigenvalue weighted by Gasteiger charge is 2.15. The summed E-state index contributed by atoms with van der Waals surface area (Å²) < 4.78 is 4.30. The van der Waals surface area contributed by atoms with Crippen molar-refractivity contribution in [2.45, 2.75) is 6.92 Å². The molecular weight excluding hydrogens is 198 g/mol. The molecule has 7 heteroatoms. The van der Waals surface area contributed by atoms with E-state index in [1.807, 2.05) is 0 Å². The third-order valence-corrected chi connectivity index (χ3v) is 0.919. The number of methoxy groups -OCH3 is 1. The van der Waals surface area contributed by atoms with Crippen molar-refractivity contribution in [2.24, 2.45) is 10.9 Å². The molecule has 0 amide bonds. The maximum Gasteiger partial charge on any atom is 0.363 e. The fourth-order valence-corrected chi connectivity index (χ4v) is 0.422. The molecule has 0 unspecified atom stereocenters. The maximum absolute atomic E-state index is 10.8. The molecule has 0 atom stereocenters. The molecule has 0 saturated heterocycles. The fraction of sp³-hybridized carbons (Fsp3) is 0.500. The molecular formula is C6H12ClN3O3. The van der Waals surface area contributed by atoms with Crippen molar-refractivity contribution in [3.8, 4) is 0 Å². The van der Waals surface area contributed by atoms with E-state index >= 15 is 0 Å². The largest absolute Gasteiger partial charge is 0.464 e. The number of amidine groups is 1. The molecule has 0 radical (unpaired) electrons. The van der Waals surface area contributed by atoms with Crippen molar-refractivity contribution in [2.75, 3.05) is 13.7 Å². The van der Waals surface area contributed by atoms with E-state index in [4.69, 9.17) is 11.1 Å². The van der Waals surface area contributed by atoms with E-state index in [0.29, 0.717) is 6.61 Å². The minimum absolute atomic E-state index is 0. The molecule has 0 spiro atoms. The first-order chi connectivity index (χ1) is 5.63. The van der Waals surface area contributed by atoms with Gasteiger partial charge in [-0.05, 0) is 6.92 Å². The lowest BCUT2D eigenvalue weighted by Gasteiger charge is -2.00. The average molecular weight is 210 g/mol. The van der Waals surface area contributed by atoms with E-state index in [1.165, 1.54) is 7.11 Å². The van der Waals surface area contributed by atoms with Gasteiger partial charge in [-0.3, -0.25) is 5.41 Å². The zero-order chi connectivity index (χ0) is 9.56. The molecule has 0 aliphatic rings. The van der Waals surface area contributed by atoms with Gasteiger partial charge in [0.2, 0.25) is 5.71 Å². The smallest absolute Gasteiger partial charge is 0.363 e. The van der Waals surface area contributed by atoms with E-state index < -0.39 is 11.8 Å². The summed E-state index contributed by atoms with van der Waals surface area (Å²) in [7, 11) is 1.17. The van der Waals surface area contributed by atoms with E-state index in [9.17, 15) is 4.79 Å². The normalized spacial score (nSPS) is 9.85. The molecule has 3 N–H and O–H groups in total. The van der Waals surface area contributed by atoms with Crippen LogP contribution in [0, 0.1) is 5.41 Å². The number of hydrogen-bond acceptors (Lipinski definition) is 5. The Morgan fingerprint density at radius 1 is 1.62 bits per heavy atom. The van der Waals surface area contributed by atoms with E-state index in [0.717, 1.165) is 0 Å². The van der Waals surface area contributed by atoms with Crippen LogP contribution in [0.2, 0.25) is 0 Å². The van der Waals surface area contributed by atoms with Gasteiger partial charge in [0.25, 0.3) is 0 Å². The highest BCUT2D eigenvalue weighted by Crippen LogP contribution is 1.85. The summed E-state index contributed by atoms with van der Waals surface area (Å²) in [5, 5.41) is 10.2. The van der Waals surface area contributed by atoms with Gasteiger partial charge in [0.15, 0.2) is 5.84 Å². The minimum Gasteiger partial charge on any atom is -0.464 e. The van der Waals surface area contributed by atoms with Gasteiger partial charge in [-0.2, -0.15) is 0 Å². The first-order valence-corrected chi connectivity index (χ1v) is 3.26. The Kier molecular flexibility index (Phi) is 8.05. The quantitative estimate of drug-likeness (QED) is 0.293. The van der Waals surface area contributed by atoms with Crippen LogP contribution < -0.4 is 5.73 Å². The van der Waals surface area contributed by atoms with Gasteiger partial charge in [-0.15, -0.1) is 12.4 Å². The Bertz CT molecular complexity index is 217. The van der Waals surface area contributed by atoms with Crippen molar-refractivity contribution in [1.29, 1.82) is 5.41 Å². The molecule has 0 heterocycles. The number of halogens is 1. The third kappa shape index (κ3) is 5.02. The lowest BCUT2D eigenvalue weighted by Crippen LogP contribution is -2.31. The highest BCUT2D eigenvalue weighted by molar-refractivity contribution is 6.64. The Balaban J connectivity index is 0. The van der Waals surface area contributed by atoms with E-state index in [2.05, 4.69) is 14.7 Å². The summed E-state index contributed by atoms with van der Waals surface area (Å²) >= 11 is 0. The van der Waals surface area contributed by atoms with Crippen LogP contribution in [0.15, 0.2) is 5.16 Å². The molecule has 0 rings (SSSR count). The molecule has 0 aromatic carbocycles. The van der Waals surface area contributed by atoms with Crippen LogP contribution in [-0.4, -0.2) is 31.2 Å². The van der Waals surface area contributed by atoms with Gasteiger partial charge in [0.1, 0.15) is 6.61 Å². The average Bonchev–Trinajstić information content (AvgIpc) is 2.04. The number of esters is 1. The number of oxime groups is 1. The predicted molar refractivity (Wildman–Crippen MR) is 50.2 cm³/mol. The van der Waals surface area contributed by atoms with Gasteiger partial charge >= 0.3 is 5.97 Å². The Hall–Kier alpha value is -1.30. The van der Waals surface area contributed by atoms with Crippen LogP contribution in [0.4, 0.5) is 0 Å². The second-order valence-electron chi connectivity index (χ2n) is 1.76. The first kappa shape index (κ1) is 14.2. The summed E-state index contributed by atoms with van der Waals surface area (Å²) in [4.78, 5) is 15.4. The summed E-state index contributed by atoms with van der Waals surface area (Å²) in [6.07, 6.45) is 0. The number of ether oxygens (including phenoxy) is 1. The molecule has 0 bridgehead atoms. The van der Waals surface area contributed by atoms with Gasteiger partial charge < -0.3 is 15.3 Å². The summed E-state index contributed by atoms with van der Waals surface area (Å²) in [6.45, 7) is 1.99. The predicted octanol–water partition coefficient (Wildman–Crippen LogP) is -0.0903. The summed E-state index contributed by atoms with van der Waals surface area (Å²) in [5.74, 6) is -1.26. The standard InChI is InChI=1S/C6H11N3O3.ClH/c1-3-12-9-4(5(7)8)6(10)11-2;/h3H2,1-2H3,(H3,7,8);1H. The van der Waals surface area contributed by atoms with Crippen LogP contribution in [-0.2, 0) is 14.4 Å².